The van der Waals surface area contributed by atoms with Crippen molar-refractivity contribution in [3.63, 3.8) is 0 Å². The topological polar surface area (TPSA) is 38.9 Å². The van der Waals surface area contributed by atoms with Gasteiger partial charge in [-0.25, -0.2) is 0 Å². The predicted molar refractivity (Wildman–Crippen MR) is 76.8 cm³/mol. The highest BCUT2D eigenvalue weighted by atomic mass is 32.1. The van der Waals surface area contributed by atoms with E-state index < -0.39 is 0 Å². The van der Waals surface area contributed by atoms with Gasteiger partial charge >= 0.3 is 0 Å². The third kappa shape index (κ3) is 2.03. The molecule has 0 spiro atoms. The maximum Gasteiger partial charge on any atom is 0.0809 e. The van der Waals surface area contributed by atoms with Crippen molar-refractivity contribution in [3.05, 3.63) is 64.7 Å². The molecule has 0 saturated carbocycles. The van der Waals surface area contributed by atoms with Crippen LogP contribution >= 0.6 is 11.3 Å². The van der Waals surface area contributed by atoms with E-state index in [1.807, 2.05) is 12.3 Å². The Kier molecular flexibility index (Phi) is 2.86. The summed E-state index contributed by atoms with van der Waals surface area (Å²) >= 11 is 1.70. The fourth-order valence-corrected chi connectivity index (χ4v) is 2.79. The molecule has 0 aliphatic heterocycles. The summed E-state index contributed by atoms with van der Waals surface area (Å²) in [5.74, 6) is 0. The van der Waals surface area contributed by atoms with Gasteiger partial charge in [-0.2, -0.15) is 0 Å². The lowest BCUT2D eigenvalue weighted by Crippen LogP contribution is -2.11. The molecule has 18 heavy (non-hydrogen) atoms. The number of hydrogen-bond donors (Lipinski definition) is 1. The second kappa shape index (κ2) is 4.52. The molecule has 1 unspecified atom stereocenters. The molecule has 1 aromatic carbocycles. The molecule has 2 N–H and O–H groups in total. The number of rotatable bonds is 2. The molecule has 3 heteroatoms. The Morgan fingerprint density at radius 1 is 1.11 bits per heavy atom. The Morgan fingerprint density at radius 2 is 1.89 bits per heavy atom. The van der Waals surface area contributed by atoms with Crippen molar-refractivity contribution >= 4 is 21.6 Å². The number of nitrogens with two attached hydrogens (primary N) is 1. The van der Waals surface area contributed by atoms with Gasteiger partial charge in [0, 0.05) is 6.20 Å². The van der Waals surface area contributed by atoms with Crippen LogP contribution in [0.25, 0.3) is 10.2 Å². The molecule has 1 atom stereocenters. The average molecular weight is 254 g/mol. The van der Waals surface area contributed by atoms with Crippen LogP contribution in [0, 0.1) is 6.92 Å². The molecule has 0 fully saturated rings. The van der Waals surface area contributed by atoms with Crippen molar-refractivity contribution in [1.29, 1.82) is 0 Å². The molecule has 3 aromatic rings. The van der Waals surface area contributed by atoms with E-state index in [1.54, 1.807) is 11.3 Å². The second-order valence-electron chi connectivity index (χ2n) is 4.46. The normalized spacial score (nSPS) is 12.8. The molecule has 0 saturated heterocycles. The van der Waals surface area contributed by atoms with Crippen molar-refractivity contribution in [2.45, 2.75) is 13.0 Å². The predicted octanol–water partition coefficient (Wildman–Crippen LogP) is 3.65. The summed E-state index contributed by atoms with van der Waals surface area (Å²) in [6.45, 7) is 2.08. The van der Waals surface area contributed by atoms with E-state index in [9.17, 15) is 0 Å². The highest BCUT2D eigenvalue weighted by molar-refractivity contribution is 7.17. The third-order valence-corrected chi connectivity index (χ3v) is 3.97. The lowest BCUT2D eigenvalue weighted by molar-refractivity contribution is 0.866. The van der Waals surface area contributed by atoms with Crippen molar-refractivity contribution < 1.29 is 0 Å². The summed E-state index contributed by atoms with van der Waals surface area (Å²) < 4.78 is 1.19. The minimum Gasteiger partial charge on any atom is -0.320 e. The first-order chi connectivity index (χ1) is 8.74. The lowest BCUT2D eigenvalue weighted by Gasteiger charge is -2.12. The van der Waals surface area contributed by atoms with Gasteiger partial charge in [0.25, 0.3) is 0 Å². The molecular weight excluding hydrogens is 240 g/mol. The standard InChI is InChI=1S/C15H14N2S/c1-10-2-4-11(5-3-10)15(16)12-8-14-13(17-9-12)6-7-18-14/h2-9,15H,16H2,1H3. The Morgan fingerprint density at radius 3 is 2.67 bits per heavy atom. The smallest absolute Gasteiger partial charge is 0.0809 e. The number of benzene rings is 1. The van der Waals surface area contributed by atoms with E-state index in [2.05, 4.69) is 47.6 Å². The SMILES string of the molecule is Cc1ccc(C(N)c2cnc3ccsc3c2)cc1. The molecule has 0 bridgehead atoms. The van der Waals surface area contributed by atoms with E-state index >= 15 is 0 Å². The van der Waals surface area contributed by atoms with Crippen LogP contribution < -0.4 is 5.73 Å². The van der Waals surface area contributed by atoms with Gasteiger partial charge in [-0.05, 0) is 35.6 Å². The van der Waals surface area contributed by atoms with E-state index in [4.69, 9.17) is 5.73 Å². The zero-order chi connectivity index (χ0) is 12.5. The van der Waals surface area contributed by atoms with Crippen molar-refractivity contribution in [2.75, 3.05) is 0 Å². The number of fused-ring (bicyclic) bond motifs is 1. The second-order valence-corrected chi connectivity index (χ2v) is 5.41. The number of aryl methyl sites for hydroxylation is 1. The van der Waals surface area contributed by atoms with Gasteiger partial charge in [0.1, 0.15) is 0 Å². The van der Waals surface area contributed by atoms with Gasteiger partial charge in [-0.15, -0.1) is 11.3 Å². The summed E-state index contributed by atoms with van der Waals surface area (Å²) in [6, 6.07) is 12.4. The minimum atomic E-state index is -0.107. The number of hydrogen-bond acceptors (Lipinski definition) is 3. The van der Waals surface area contributed by atoms with Crippen molar-refractivity contribution in [3.8, 4) is 0 Å². The molecule has 90 valence electrons. The van der Waals surface area contributed by atoms with Crippen LogP contribution in [0.2, 0.25) is 0 Å². The van der Waals surface area contributed by atoms with E-state index in [1.165, 1.54) is 10.3 Å². The maximum absolute atomic E-state index is 6.29. The summed E-state index contributed by atoms with van der Waals surface area (Å²) in [7, 11) is 0. The molecule has 3 rings (SSSR count). The first-order valence-corrected chi connectivity index (χ1v) is 6.77. The first kappa shape index (κ1) is 11.4. The Balaban J connectivity index is 2.00. The third-order valence-electron chi connectivity index (χ3n) is 3.12. The fourth-order valence-electron chi connectivity index (χ4n) is 2.00. The van der Waals surface area contributed by atoms with Crippen LogP contribution in [-0.2, 0) is 0 Å². The fraction of sp³-hybridized carbons (Fsp3) is 0.133. The summed E-state index contributed by atoms with van der Waals surface area (Å²) in [6.07, 6.45) is 1.87. The molecule has 0 aliphatic carbocycles. The molecule has 0 aliphatic rings. The average Bonchev–Trinajstić information content (AvgIpc) is 2.86. The summed E-state index contributed by atoms with van der Waals surface area (Å²) in [5, 5.41) is 2.05. The van der Waals surface area contributed by atoms with Crippen LogP contribution in [0.1, 0.15) is 22.7 Å². The zero-order valence-electron chi connectivity index (χ0n) is 10.1. The largest absolute Gasteiger partial charge is 0.320 e. The molecule has 0 radical (unpaired) electrons. The molecule has 0 amide bonds. The lowest BCUT2D eigenvalue weighted by atomic mass is 10.00. The summed E-state index contributed by atoms with van der Waals surface area (Å²) in [5.41, 5.74) is 10.8. The van der Waals surface area contributed by atoms with Crippen LogP contribution in [0.3, 0.4) is 0 Å². The highest BCUT2D eigenvalue weighted by Gasteiger charge is 2.10. The Bertz CT molecular complexity index is 670. The van der Waals surface area contributed by atoms with Gasteiger partial charge in [-0.3, -0.25) is 4.98 Å². The molecule has 2 aromatic heterocycles. The number of nitrogens with zero attached hydrogens (tertiary/aromatic N) is 1. The van der Waals surface area contributed by atoms with Crippen LogP contribution in [0.15, 0.2) is 48.0 Å². The molecule has 2 heterocycles. The minimum absolute atomic E-state index is 0.107. The van der Waals surface area contributed by atoms with Gasteiger partial charge < -0.3 is 5.73 Å². The van der Waals surface area contributed by atoms with Gasteiger partial charge in [0.2, 0.25) is 0 Å². The van der Waals surface area contributed by atoms with E-state index in [0.717, 1.165) is 16.6 Å². The Hall–Kier alpha value is -1.71. The number of pyridine rings is 1. The monoisotopic (exact) mass is 254 g/mol. The number of thiophene rings is 1. The highest BCUT2D eigenvalue weighted by Crippen LogP contribution is 2.25. The zero-order valence-corrected chi connectivity index (χ0v) is 10.9. The van der Waals surface area contributed by atoms with Gasteiger partial charge in [0.05, 0.1) is 16.3 Å². The summed E-state index contributed by atoms with van der Waals surface area (Å²) in [4.78, 5) is 4.44. The molecular formula is C15H14N2S. The van der Waals surface area contributed by atoms with Crippen LogP contribution in [0.4, 0.5) is 0 Å². The van der Waals surface area contributed by atoms with Crippen molar-refractivity contribution in [1.82, 2.24) is 4.98 Å². The molecule has 2 nitrogen and oxygen atoms in total. The van der Waals surface area contributed by atoms with E-state index in [-0.39, 0.29) is 6.04 Å². The first-order valence-electron chi connectivity index (χ1n) is 5.89. The van der Waals surface area contributed by atoms with Crippen LogP contribution in [-0.4, -0.2) is 4.98 Å². The number of aromatic nitrogens is 1. The quantitative estimate of drug-likeness (QED) is 0.758. The Labute approximate surface area is 110 Å². The van der Waals surface area contributed by atoms with Gasteiger partial charge in [-0.1, -0.05) is 29.8 Å². The van der Waals surface area contributed by atoms with Crippen molar-refractivity contribution in [2.24, 2.45) is 5.73 Å². The van der Waals surface area contributed by atoms with E-state index in [0.29, 0.717) is 0 Å². The van der Waals surface area contributed by atoms with Gasteiger partial charge in [0.15, 0.2) is 0 Å². The van der Waals surface area contributed by atoms with Crippen LogP contribution in [0.5, 0.6) is 0 Å². The maximum atomic E-state index is 6.29.